The van der Waals surface area contributed by atoms with Crippen LogP contribution in [0.25, 0.3) is 0 Å². The zero-order valence-electron chi connectivity index (χ0n) is 13.3. The Morgan fingerprint density at radius 1 is 1.19 bits per heavy atom. The lowest BCUT2D eigenvalue weighted by Crippen LogP contribution is -2.39. The van der Waals surface area contributed by atoms with E-state index in [0.29, 0.717) is 13.2 Å². The number of aliphatic hydroxyl groups excluding tert-OH is 1. The predicted octanol–water partition coefficient (Wildman–Crippen LogP) is 1.46. The third-order valence-corrected chi connectivity index (χ3v) is 3.23. The molecule has 1 aromatic rings. The van der Waals surface area contributed by atoms with Crippen LogP contribution in [0.3, 0.4) is 0 Å². The number of aryl methyl sites for hydroxylation is 3. The lowest BCUT2D eigenvalue weighted by Gasteiger charge is -2.22. The summed E-state index contributed by atoms with van der Waals surface area (Å²) >= 11 is 0. The zero-order valence-corrected chi connectivity index (χ0v) is 13.3. The first-order chi connectivity index (χ1) is 9.99. The highest BCUT2D eigenvalue weighted by Gasteiger charge is 2.15. The van der Waals surface area contributed by atoms with Gasteiger partial charge < -0.3 is 19.5 Å². The number of carbonyl (C=O) groups is 1. The van der Waals surface area contributed by atoms with Crippen molar-refractivity contribution < 1.29 is 19.4 Å². The molecule has 0 aliphatic carbocycles. The average Bonchev–Trinajstić information content (AvgIpc) is 2.42. The van der Waals surface area contributed by atoms with Gasteiger partial charge in [-0.1, -0.05) is 17.7 Å². The van der Waals surface area contributed by atoms with E-state index in [9.17, 15) is 4.79 Å². The molecule has 1 rings (SSSR count). The Hall–Kier alpha value is -1.59. The molecule has 118 valence electrons. The van der Waals surface area contributed by atoms with E-state index in [-0.39, 0.29) is 25.7 Å². The molecular formula is C16H25NO4. The second kappa shape index (κ2) is 8.64. The number of methoxy groups -OCH3 is 1. The van der Waals surface area contributed by atoms with Gasteiger partial charge in [0.15, 0.2) is 6.61 Å². The van der Waals surface area contributed by atoms with Crippen molar-refractivity contribution in [2.24, 2.45) is 0 Å². The first-order valence-electron chi connectivity index (χ1n) is 7.07. The summed E-state index contributed by atoms with van der Waals surface area (Å²) in [5.41, 5.74) is 3.21. The third kappa shape index (κ3) is 5.36. The molecule has 0 aromatic heterocycles. The molecule has 0 aliphatic rings. The maximum absolute atomic E-state index is 12.1. The molecule has 0 bridgehead atoms. The lowest BCUT2D eigenvalue weighted by molar-refractivity contribution is -0.134. The van der Waals surface area contributed by atoms with Crippen LogP contribution in [0.4, 0.5) is 0 Å². The van der Waals surface area contributed by atoms with E-state index in [1.807, 2.05) is 32.9 Å². The molecule has 0 saturated heterocycles. The van der Waals surface area contributed by atoms with E-state index < -0.39 is 0 Å². The van der Waals surface area contributed by atoms with Crippen molar-refractivity contribution in [3.63, 3.8) is 0 Å². The van der Waals surface area contributed by atoms with Crippen LogP contribution in [-0.4, -0.2) is 55.9 Å². The van der Waals surface area contributed by atoms with Crippen LogP contribution < -0.4 is 4.74 Å². The van der Waals surface area contributed by atoms with Gasteiger partial charge in [0.2, 0.25) is 0 Å². The Kier molecular flexibility index (Phi) is 7.19. The van der Waals surface area contributed by atoms with Gasteiger partial charge in [0.1, 0.15) is 5.75 Å². The van der Waals surface area contributed by atoms with Gasteiger partial charge in [-0.05, 0) is 31.9 Å². The van der Waals surface area contributed by atoms with Crippen molar-refractivity contribution in [2.75, 3.05) is 40.0 Å². The van der Waals surface area contributed by atoms with Gasteiger partial charge in [0.05, 0.1) is 13.2 Å². The molecule has 0 fully saturated rings. The summed E-state index contributed by atoms with van der Waals surface area (Å²) < 4.78 is 10.6. The molecule has 0 spiro atoms. The molecule has 0 unspecified atom stereocenters. The second-order valence-corrected chi connectivity index (χ2v) is 5.11. The Balaban J connectivity index is 2.66. The number of aliphatic hydroxyl groups is 1. The minimum absolute atomic E-state index is 0.0333. The van der Waals surface area contributed by atoms with Crippen LogP contribution >= 0.6 is 0 Å². The number of ether oxygens (including phenoxy) is 2. The summed E-state index contributed by atoms with van der Waals surface area (Å²) in [7, 11) is 1.58. The third-order valence-electron chi connectivity index (χ3n) is 3.23. The number of rotatable bonds is 8. The lowest BCUT2D eigenvalue weighted by atomic mass is 10.1. The Labute approximate surface area is 126 Å². The average molecular weight is 295 g/mol. The molecule has 0 atom stereocenters. The number of amides is 1. The fourth-order valence-corrected chi connectivity index (χ4v) is 2.30. The maximum atomic E-state index is 12.1. The number of benzene rings is 1. The topological polar surface area (TPSA) is 59.0 Å². The van der Waals surface area contributed by atoms with Crippen LogP contribution in [0, 0.1) is 20.8 Å². The summed E-state index contributed by atoms with van der Waals surface area (Å²) in [6.45, 7) is 7.04. The van der Waals surface area contributed by atoms with Crippen LogP contribution in [0.1, 0.15) is 16.7 Å². The maximum Gasteiger partial charge on any atom is 0.260 e. The summed E-state index contributed by atoms with van der Waals surface area (Å²) in [6, 6.07) is 4.06. The summed E-state index contributed by atoms with van der Waals surface area (Å²) in [6.07, 6.45) is 0. The molecule has 1 amide bonds. The highest BCUT2D eigenvalue weighted by Crippen LogP contribution is 2.24. The van der Waals surface area contributed by atoms with E-state index in [4.69, 9.17) is 14.6 Å². The monoisotopic (exact) mass is 295 g/mol. The molecule has 5 nitrogen and oxygen atoms in total. The Bertz CT molecular complexity index is 450. The minimum Gasteiger partial charge on any atom is -0.483 e. The van der Waals surface area contributed by atoms with Crippen LogP contribution in [0.2, 0.25) is 0 Å². The van der Waals surface area contributed by atoms with Gasteiger partial charge in [-0.15, -0.1) is 0 Å². The largest absolute Gasteiger partial charge is 0.483 e. The summed E-state index contributed by atoms with van der Waals surface area (Å²) in [4.78, 5) is 13.7. The van der Waals surface area contributed by atoms with Crippen LogP contribution in [0.5, 0.6) is 5.75 Å². The normalized spacial score (nSPS) is 10.5. The number of hydrogen-bond acceptors (Lipinski definition) is 4. The van der Waals surface area contributed by atoms with Gasteiger partial charge in [0.25, 0.3) is 5.91 Å². The molecule has 0 saturated carbocycles. The van der Waals surface area contributed by atoms with Crippen molar-refractivity contribution in [3.8, 4) is 5.75 Å². The highest BCUT2D eigenvalue weighted by molar-refractivity contribution is 5.77. The van der Waals surface area contributed by atoms with Crippen LogP contribution in [-0.2, 0) is 9.53 Å². The van der Waals surface area contributed by atoms with Gasteiger partial charge in [-0.25, -0.2) is 0 Å². The number of hydrogen-bond donors (Lipinski definition) is 1. The van der Waals surface area contributed by atoms with E-state index >= 15 is 0 Å². The van der Waals surface area contributed by atoms with Crippen molar-refractivity contribution in [3.05, 3.63) is 28.8 Å². The molecule has 0 heterocycles. The molecule has 0 radical (unpaired) electrons. The zero-order chi connectivity index (χ0) is 15.8. The smallest absolute Gasteiger partial charge is 0.260 e. The van der Waals surface area contributed by atoms with Gasteiger partial charge >= 0.3 is 0 Å². The number of nitrogens with zero attached hydrogens (tertiary/aromatic N) is 1. The SMILES string of the molecule is COCCN(CCO)C(=O)COc1c(C)cc(C)cc1C. The minimum atomic E-state index is -0.152. The fraction of sp³-hybridized carbons (Fsp3) is 0.562. The molecule has 1 N–H and O–H groups in total. The van der Waals surface area contributed by atoms with E-state index in [1.54, 1.807) is 12.0 Å². The molecule has 1 aromatic carbocycles. The second-order valence-electron chi connectivity index (χ2n) is 5.11. The van der Waals surface area contributed by atoms with Gasteiger partial charge in [-0.2, -0.15) is 0 Å². The summed E-state index contributed by atoms with van der Waals surface area (Å²) in [5, 5.41) is 9.01. The van der Waals surface area contributed by atoms with Crippen molar-refractivity contribution >= 4 is 5.91 Å². The Morgan fingerprint density at radius 2 is 1.81 bits per heavy atom. The van der Waals surface area contributed by atoms with E-state index in [0.717, 1.165) is 16.9 Å². The first-order valence-corrected chi connectivity index (χ1v) is 7.07. The Morgan fingerprint density at radius 3 is 2.33 bits per heavy atom. The molecule has 0 aliphatic heterocycles. The van der Waals surface area contributed by atoms with E-state index in [2.05, 4.69) is 0 Å². The first kappa shape index (κ1) is 17.5. The number of carbonyl (C=O) groups excluding carboxylic acids is 1. The van der Waals surface area contributed by atoms with Crippen molar-refractivity contribution in [2.45, 2.75) is 20.8 Å². The fourth-order valence-electron chi connectivity index (χ4n) is 2.30. The highest BCUT2D eigenvalue weighted by atomic mass is 16.5. The standard InChI is InChI=1S/C16H25NO4/c1-12-9-13(2)16(14(3)10-12)21-11-15(19)17(5-7-18)6-8-20-4/h9-10,18H,5-8,11H2,1-4H3. The summed E-state index contributed by atoms with van der Waals surface area (Å²) in [5.74, 6) is 0.602. The van der Waals surface area contributed by atoms with Crippen molar-refractivity contribution in [1.82, 2.24) is 4.90 Å². The molecule has 21 heavy (non-hydrogen) atoms. The molecular weight excluding hydrogens is 270 g/mol. The van der Waals surface area contributed by atoms with Crippen molar-refractivity contribution in [1.29, 1.82) is 0 Å². The van der Waals surface area contributed by atoms with Gasteiger partial charge in [-0.3, -0.25) is 4.79 Å². The predicted molar refractivity (Wildman–Crippen MR) is 81.7 cm³/mol. The quantitative estimate of drug-likeness (QED) is 0.789. The van der Waals surface area contributed by atoms with E-state index in [1.165, 1.54) is 5.56 Å². The molecule has 5 heteroatoms. The van der Waals surface area contributed by atoms with Gasteiger partial charge in [0, 0.05) is 20.2 Å². The van der Waals surface area contributed by atoms with Crippen LogP contribution in [0.15, 0.2) is 12.1 Å².